The molecule has 1 aliphatic carbocycles. The van der Waals surface area contributed by atoms with E-state index in [9.17, 15) is 22.4 Å². The summed E-state index contributed by atoms with van der Waals surface area (Å²) in [7, 11) is 0. The van der Waals surface area contributed by atoms with Crippen LogP contribution in [-0.4, -0.2) is 49.5 Å². The zero-order chi connectivity index (χ0) is 22.5. The molecule has 3 heterocycles. The number of pyridine rings is 1. The lowest BCUT2D eigenvalue weighted by molar-refractivity contribution is -0.138. The molecule has 32 heavy (non-hydrogen) atoms. The van der Waals surface area contributed by atoms with Gasteiger partial charge in [0.2, 0.25) is 0 Å². The number of halogens is 4. The van der Waals surface area contributed by atoms with Crippen LogP contribution in [0.15, 0.2) is 48.9 Å². The minimum atomic E-state index is -4.70. The quantitative estimate of drug-likeness (QED) is 0.573. The lowest BCUT2D eigenvalue weighted by Gasteiger charge is -2.33. The van der Waals surface area contributed by atoms with Gasteiger partial charge >= 0.3 is 6.18 Å². The molecule has 1 saturated heterocycles. The van der Waals surface area contributed by atoms with E-state index >= 15 is 0 Å². The predicted molar refractivity (Wildman–Crippen MR) is 103 cm³/mol. The van der Waals surface area contributed by atoms with Crippen LogP contribution in [-0.2, 0) is 6.18 Å². The fraction of sp³-hybridized carbons (Fsp3) is 0.333. The molecule has 166 valence electrons. The molecule has 3 unspecified atom stereocenters. The van der Waals surface area contributed by atoms with E-state index in [0.717, 1.165) is 0 Å². The Balaban J connectivity index is 1.37. The summed E-state index contributed by atoms with van der Waals surface area (Å²) in [5.74, 6) is -1.76. The van der Waals surface area contributed by atoms with Crippen LogP contribution in [0.5, 0.6) is 5.88 Å². The van der Waals surface area contributed by atoms with Gasteiger partial charge in [-0.05, 0) is 37.0 Å². The number of para-hydroxylation sites is 1. The number of benzene rings is 1. The van der Waals surface area contributed by atoms with E-state index in [0.29, 0.717) is 42.9 Å². The van der Waals surface area contributed by atoms with Crippen molar-refractivity contribution in [2.45, 2.75) is 31.2 Å². The highest BCUT2D eigenvalue weighted by molar-refractivity contribution is 5.98. The van der Waals surface area contributed by atoms with Gasteiger partial charge in [-0.3, -0.25) is 4.79 Å². The molecule has 3 atom stereocenters. The van der Waals surface area contributed by atoms with Crippen LogP contribution >= 0.6 is 0 Å². The fourth-order valence-electron chi connectivity index (χ4n) is 4.46. The topological polar surface area (TPSA) is 73.1 Å². The van der Waals surface area contributed by atoms with Crippen molar-refractivity contribution >= 4 is 5.91 Å². The first-order valence-electron chi connectivity index (χ1n) is 9.97. The average molecular weight is 447 g/mol. The SMILES string of the molecule is O=C(c1ccccc1-n1nccn1)N1CC2CC(Oc3ncc(C(F)(F)F)cc3F)C1C2. The highest BCUT2D eigenvalue weighted by Crippen LogP contribution is 2.41. The first-order valence-corrected chi connectivity index (χ1v) is 9.97. The predicted octanol–water partition coefficient (Wildman–Crippen LogP) is 3.50. The molecule has 3 aromatic rings. The summed E-state index contributed by atoms with van der Waals surface area (Å²) >= 11 is 0. The molecular weight excluding hydrogens is 430 g/mol. The number of carbonyl (C=O) groups is 1. The molecule has 7 nitrogen and oxygen atoms in total. The van der Waals surface area contributed by atoms with Gasteiger partial charge in [0.1, 0.15) is 6.10 Å². The van der Waals surface area contributed by atoms with Gasteiger partial charge in [0.05, 0.1) is 35.2 Å². The second-order valence-corrected chi connectivity index (χ2v) is 7.86. The lowest BCUT2D eigenvalue weighted by Crippen LogP contribution is -2.47. The van der Waals surface area contributed by atoms with E-state index < -0.39 is 29.5 Å². The summed E-state index contributed by atoms with van der Waals surface area (Å²) in [5, 5.41) is 8.18. The van der Waals surface area contributed by atoms with E-state index in [4.69, 9.17) is 4.74 Å². The Morgan fingerprint density at radius 2 is 1.88 bits per heavy atom. The third kappa shape index (κ3) is 3.57. The number of fused-ring (bicyclic) bond motifs is 2. The van der Waals surface area contributed by atoms with Gasteiger partial charge in [-0.15, -0.1) is 0 Å². The van der Waals surface area contributed by atoms with Gasteiger partial charge in [-0.1, -0.05) is 12.1 Å². The van der Waals surface area contributed by atoms with E-state index in [2.05, 4.69) is 15.2 Å². The Labute approximate surface area is 179 Å². The Morgan fingerprint density at radius 3 is 2.56 bits per heavy atom. The molecule has 1 saturated carbocycles. The zero-order valence-corrected chi connectivity index (χ0v) is 16.5. The number of likely N-dealkylation sites (tertiary alicyclic amines) is 1. The van der Waals surface area contributed by atoms with Crippen molar-refractivity contribution in [2.24, 2.45) is 5.92 Å². The molecule has 1 aromatic carbocycles. The number of ether oxygens (including phenoxy) is 1. The molecule has 2 bridgehead atoms. The van der Waals surface area contributed by atoms with Crippen molar-refractivity contribution in [3.8, 4) is 11.6 Å². The second-order valence-electron chi connectivity index (χ2n) is 7.86. The number of amides is 1. The molecule has 1 amide bonds. The maximum Gasteiger partial charge on any atom is 0.417 e. The van der Waals surface area contributed by atoms with Crippen LogP contribution in [0.1, 0.15) is 28.8 Å². The number of aromatic nitrogens is 4. The Morgan fingerprint density at radius 1 is 1.12 bits per heavy atom. The number of hydrogen-bond donors (Lipinski definition) is 0. The highest BCUT2D eigenvalue weighted by atomic mass is 19.4. The van der Waals surface area contributed by atoms with Crippen LogP contribution in [0, 0.1) is 11.7 Å². The van der Waals surface area contributed by atoms with Crippen LogP contribution in [0.25, 0.3) is 5.69 Å². The van der Waals surface area contributed by atoms with Crippen molar-refractivity contribution in [3.05, 3.63) is 65.9 Å². The standard InChI is InChI=1S/C21H17F4N5O2/c22-15-9-13(21(23,24)25)10-26-19(15)32-18-8-12-7-17(18)29(11-12)20(31)14-3-1-2-4-16(14)30-27-5-6-28-30/h1-6,9-10,12,17-18H,7-8,11H2. The monoisotopic (exact) mass is 447 g/mol. The van der Waals surface area contributed by atoms with Crippen molar-refractivity contribution in [1.29, 1.82) is 0 Å². The Bertz CT molecular complexity index is 1150. The van der Waals surface area contributed by atoms with Gasteiger partial charge < -0.3 is 9.64 Å². The highest BCUT2D eigenvalue weighted by Gasteiger charge is 2.49. The first kappa shape index (κ1) is 20.4. The van der Waals surface area contributed by atoms with Crippen LogP contribution in [0.2, 0.25) is 0 Å². The minimum Gasteiger partial charge on any atom is -0.470 e. The number of carbonyl (C=O) groups excluding carboxylic acids is 1. The summed E-state index contributed by atoms with van der Waals surface area (Å²) in [6, 6.07) is 6.96. The van der Waals surface area contributed by atoms with Gasteiger partial charge in [-0.25, -0.2) is 9.37 Å². The van der Waals surface area contributed by atoms with E-state index in [1.54, 1.807) is 29.2 Å². The molecule has 2 aromatic heterocycles. The summed E-state index contributed by atoms with van der Waals surface area (Å²) in [4.78, 5) is 19.9. The summed E-state index contributed by atoms with van der Waals surface area (Å²) < 4.78 is 58.2. The molecule has 11 heteroatoms. The molecule has 0 radical (unpaired) electrons. The Kier molecular flexibility index (Phi) is 4.83. The van der Waals surface area contributed by atoms with E-state index in [1.807, 2.05) is 0 Å². The van der Waals surface area contributed by atoms with Crippen LogP contribution in [0.4, 0.5) is 17.6 Å². The fourth-order valence-corrected chi connectivity index (χ4v) is 4.46. The summed E-state index contributed by atoms with van der Waals surface area (Å²) in [6.07, 6.45) is -0.463. The number of alkyl halides is 3. The minimum absolute atomic E-state index is 0.154. The third-order valence-electron chi connectivity index (χ3n) is 5.85. The van der Waals surface area contributed by atoms with Gasteiger partial charge in [-0.2, -0.15) is 28.2 Å². The second kappa shape index (κ2) is 7.57. The maximum atomic E-state index is 14.2. The van der Waals surface area contributed by atoms with Crippen LogP contribution < -0.4 is 4.74 Å². The zero-order valence-electron chi connectivity index (χ0n) is 16.5. The van der Waals surface area contributed by atoms with Gasteiger partial charge in [0.15, 0.2) is 5.82 Å². The Hall–Kier alpha value is -3.50. The van der Waals surface area contributed by atoms with E-state index in [-0.39, 0.29) is 17.9 Å². The molecule has 0 spiro atoms. The number of hydrogen-bond acceptors (Lipinski definition) is 5. The van der Waals surface area contributed by atoms with Crippen molar-refractivity contribution in [1.82, 2.24) is 24.9 Å². The van der Waals surface area contributed by atoms with Gasteiger partial charge in [0.25, 0.3) is 11.8 Å². The van der Waals surface area contributed by atoms with Crippen molar-refractivity contribution in [3.63, 3.8) is 0 Å². The summed E-state index contributed by atoms with van der Waals surface area (Å²) in [5.41, 5.74) is -0.247. The maximum absolute atomic E-state index is 14.2. The number of piperidine rings is 1. The third-order valence-corrected chi connectivity index (χ3v) is 5.85. The van der Waals surface area contributed by atoms with Crippen molar-refractivity contribution in [2.75, 3.05) is 6.54 Å². The summed E-state index contributed by atoms with van der Waals surface area (Å²) in [6.45, 7) is 0.521. The molecule has 1 aliphatic heterocycles. The van der Waals surface area contributed by atoms with Crippen molar-refractivity contribution < 1.29 is 27.1 Å². The molecule has 0 N–H and O–H groups in total. The van der Waals surface area contributed by atoms with E-state index in [1.165, 1.54) is 17.2 Å². The molecule has 2 fully saturated rings. The molecule has 2 aliphatic rings. The smallest absolute Gasteiger partial charge is 0.417 e. The lowest BCUT2D eigenvalue weighted by atomic mass is 10.1. The average Bonchev–Trinajstić information content (AvgIpc) is 3.51. The van der Waals surface area contributed by atoms with Crippen LogP contribution in [0.3, 0.4) is 0 Å². The normalized spacial score (nSPS) is 22.4. The number of rotatable bonds is 4. The number of nitrogens with zero attached hydrogens (tertiary/aromatic N) is 5. The van der Waals surface area contributed by atoms with Gasteiger partial charge in [0, 0.05) is 12.7 Å². The first-order chi connectivity index (χ1) is 15.3. The molecular formula is C21H17F4N5O2. The molecule has 5 rings (SSSR count). The largest absolute Gasteiger partial charge is 0.470 e.